The van der Waals surface area contributed by atoms with Crippen LogP contribution in [0.25, 0.3) is 0 Å². The molecular formula is C18H29IN4O2. The van der Waals surface area contributed by atoms with Crippen LogP contribution in [0.2, 0.25) is 0 Å². The molecule has 2 fully saturated rings. The summed E-state index contributed by atoms with van der Waals surface area (Å²) in [5.74, 6) is 1.57. The van der Waals surface area contributed by atoms with Crippen molar-refractivity contribution in [2.75, 3.05) is 19.6 Å². The number of likely N-dealkylation sites (tertiary alicyclic amines) is 1. The van der Waals surface area contributed by atoms with Crippen molar-refractivity contribution in [1.29, 1.82) is 0 Å². The van der Waals surface area contributed by atoms with Gasteiger partial charge < -0.3 is 20.1 Å². The van der Waals surface area contributed by atoms with Gasteiger partial charge in [0.05, 0.1) is 12.6 Å². The minimum atomic E-state index is -0.249. The van der Waals surface area contributed by atoms with Crippen LogP contribution in [0.4, 0.5) is 0 Å². The minimum absolute atomic E-state index is 0. The number of ether oxygens (including phenoxy) is 1. The minimum Gasteiger partial charge on any atom is -0.474 e. The summed E-state index contributed by atoms with van der Waals surface area (Å²) in [6.45, 7) is 4.95. The van der Waals surface area contributed by atoms with Crippen LogP contribution in [0.1, 0.15) is 44.6 Å². The van der Waals surface area contributed by atoms with E-state index in [2.05, 4.69) is 22.1 Å². The molecule has 3 rings (SSSR count). The molecule has 0 aromatic carbocycles. The number of β-amino-alcohol motifs (C(OH)–C–C–N with tert-alkyl or cyclic N) is 1. The number of aromatic nitrogens is 1. The largest absolute Gasteiger partial charge is 0.474 e. The van der Waals surface area contributed by atoms with E-state index < -0.39 is 0 Å². The molecule has 2 heterocycles. The molecule has 1 aliphatic carbocycles. The predicted octanol–water partition coefficient (Wildman–Crippen LogP) is 2.55. The third-order valence-corrected chi connectivity index (χ3v) is 4.60. The van der Waals surface area contributed by atoms with Gasteiger partial charge in [-0.05, 0) is 50.7 Å². The Morgan fingerprint density at radius 2 is 2.20 bits per heavy atom. The van der Waals surface area contributed by atoms with E-state index >= 15 is 0 Å². The average Bonchev–Trinajstić information content (AvgIpc) is 3.23. The van der Waals surface area contributed by atoms with Crippen LogP contribution in [0.15, 0.2) is 23.3 Å². The highest BCUT2D eigenvalue weighted by molar-refractivity contribution is 14.0. The van der Waals surface area contributed by atoms with Crippen LogP contribution in [0, 0.1) is 0 Å². The quantitative estimate of drug-likeness (QED) is 0.402. The maximum atomic E-state index is 9.72. The van der Waals surface area contributed by atoms with Crippen LogP contribution in [0.5, 0.6) is 5.88 Å². The van der Waals surface area contributed by atoms with Crippen LogP contribution >= 0.6 is 24.0 Å². The Morgan fingerprint density at radius 1 is 1.40 bits per heavy atom. The molecule has 1 aromatic rings. The number of nitrogens with one attached hydrogen (secondary N) is 1. The van der Waals surface area contributed by atoms with Crippen LogP contribution in [-0.4, -0.2) is 52.8 Å². The summed E-state index contributed by atoms with van der Waals surface area (Å²) in [7, 11) is 0. The Bertz CT molecular complexity index is 564. The monoisotopic (exact) mass is 460 g/mol. The lowest BCUT2D eigenvalue weighted by molar-refractivity contribution is 0.188. The molecule has 1 atom stereocenters. The van der Waals surface area contributed by atoms with Crippen molar-refractivity contribution in [3.63, 3.8) is 0 Å². The van der Waals surface area contributed by atoms with Gasteiger partial charge in [0.25, 0.3) is 0 Å². The van der Waals surface area contributed by atoms with Gasteiger partial charge in [-0.1, -0.05) is 0 Å². The summed E-state index contributed by atoms with van der Waals surface area (Å²) in [6, 6.07) is 3.97. The fourth-order valence-electron chi connectivity index (χ4n) is 3.32. The molecule has 6 nitrogen and oxygen atoms in total. The van der Waals surface area contributed by atoms with Gasteiger partial charge in [0, 0.05) is 31.9 Å². The fraction of sp³-hybridized carbons (Fsp3) is 0.667. The second-order valence-electron chi connectivity index (χ2n) is 6.59. The zero-order valence-corrected chi connectivity index (χ0v) is 17.2. The number of aliphatic hydroxyl groups is 1. The summed E-state index contributed by atoms with van der Waals surface area (Å²) in [4.78, 5) is 11.2. The zero-order chi connectivity index (χ0) is 16.8. The standard InChI is InChI=1S/C18H28N4O2.HI/c1-2-19-18(22-10-8-15(23)13-22)21-12-14-7-9-20-17(11-14)24-16-5-3-4-6-16;/h7,9,11,15-16,23H,2-6,8,10,12-13H2,1H3,(H,19,21);1H/t15-;/m1./s1. The molecule has 0 amide bonds. The molecule has 1 saturated carbocycles. The number of pyridine rings is 1. The van der Waals surface area contributed by atoms with Gasteiger partial charge in [0.1, 0.15) is 6.10 Å². The number of hydrogen-bond acceptors (Lipinski definition) is 4. The molecule has 0 unspecified atom stereocenters. The molecule has 0 spiro atoms. The van der Waals surface area contributed by atoms with Crippen molar-refractivity contribution in [2.45, 2.75) is 57.8 Å². The summed E-state index contributed by atoms with van der Waals surface area (Å²) in [5, 5.41) is 13.0. The number of aliphatic imine (C=N–C) groups is 1. The van der Waals surface area contributed by atoms with E-state index in [-0.39, 0.29) is 30.1 Å². The predicted molar refractivity (Wildman–Crippen MR) is 110 cm³/mol. The SMILES string of the molecule is CCNC(=NCc1ccnc(OC2CCCC2)c1)N1CC[C@@H](O)C1.I. The molecule has 1 aliphatic heterocycles. The second kappa shape index (κ2) is 10.2. The zero-order valence-electron chi connectivity index (χ0n) is 14.9. The van der Waals surface area contributed by atoms with Gasteiger partial charge in [0.15, 0.2) is 5.96 Å². The summed E-state index contributed by atoms with van der Waals surface area (Å²) in [6.07, 6.45) is 7.43. The van der Waals surface area contributed by atoms with Gasteiger partial charge >= 0.3 is 0 Å². The Labute approximate surface area is 167 Å². The van der Waals surface area contributed by atoms with E-state index in [4.69, 9.17) is 9.73 Å². The molecule has 140 valence electrons. The van der Waals surface area contributed by atoms with Gasteiger partial charge in [-0.15, -0.1) is 24.0 Å². The molecule has 0 bridgehead atoms. The summed E-state index contributed by atoms with van der Waals surface area (Å²) >= 11 is 0. The van der Waals surface area contributed by atoms with Crippen molar-refractivity contribution in [3.8, 4) is 5.88 Å². The number of guanidine groups is 1. The van der Waals surface area contributed by atoms with E-state index in [0.29, 0.717) is 25.1 Å². The average molecular weight is 460 g/mol. The normalized spacial score (nSPS) is 21.3. The highest BCUT2D eigenvalue weighted by Gasteiger charge is 2.22. The van der Waals surface area contributed by atoms with E-state index in [9.17, 15) is 5.11 Å². The van der Waals surface area contributed by atoms with Crippen LogP contribution < -0.4 is 10.1 Å². The second-order valence-corrected chi connectivity index (χ2v) is 6.59. The van der Waals surface area contributed by atoms with Crippen molar-refractivity contribution in [2.24, 2.45) is 4.99 Å². The lowest BCUT2D eigenvalue weighted by Crippen LogP contribution is -2.40. The van der Waals surface area contributed by atoms with Crippen LogP contribution in [-0.2, 0) is 6.54 Å². The van der Waals surface area contributed by atoms with Gasteiger partial charge in [-0.2, -0.15) is 0 Å². The lowest BCUT2D eigenvalue weighted by atomic mass is 10.2. The van der Waals surface area contributed by atoms with E-state index in [0.717, 1.165) is 43.9 Å². The molecule has 1 aromatic heterocycles. The van der Waals surface area contributed by atoms with E-state index in [1.165, 1.54) is 12.8 Å². The summed E-state index contributed by atoms with van der Waals surface area (Å²) < 4.78 is 5.97. The highest BCUT2D eigenvalue weighted by atomic mass is 127. The van der Waals surface area contributed by atoms with Crippen LogP contribution in [0.3, 0.4) is 0 Å². The molecule has 7 heteroatoms. The molecule has 0 radical (unpaired) electrons. The van der Waals surface area contributed by atoms with Gasteiger partial charge in [0.2, 0.25) is 5.88 Å². The maximum absolute atomic E-state index is 9.72. The first kappa shape index (κ1) is 20.2. The topological polar surface area (TPSA) is 70.0 Å². The number of halogens is 1. The van der Waals surface area contributed by atoms with Crippen molar-refractivity contribution in [1.82, 2.24) is 15.2 Å². The molecule has 1 saturated heterocycles. The van der Waals surface area contributed by atoms with E-state index in [1.807, 2.05) is 12.1 Å². The smallest absolute Gasteiger partial charge is 0.213 e. The highest BCUT2D eigenvalue weighted by Crippen LogP contribution is 2.23. The number of hydrogen-bond donors (Lipinski definition) is 2. The third kappa shape index (κ3) is 5.99. The van der Waals surface area contributed by atoms with Crippen molar-refractivity contribution in [3.05, 3.63) is 23.9 Å². The summed E-state index contributed by atoms with van der Waals surface area (Å²) in [5.41, 5.74) is 1.09. The number of aliphatic hydroxyl groups excluding tert-OH is 1. The first-order valence-corrected chi connectivity index (χ1v) is 9.07. The maximum Gasteiger partial charge on any atom is 0.213 e. The van der Waals surface area contributed by atoms with E-state index in [1.54, 1.807) is 6.20 Å². The molecule has 2 N–H and O–H groups in total. The van der Waals surface area contributed by atoms with Crippen molar-refractivity contribution < 1.29 is 9.84 Å². The Kier molecular flexibility index (Phi) is 8.21. The van der Waals surface area contributed by atoms with Gasteiger partial charge in [-0.25, -0.2) is 9.98 Å². The Morgan fingerprint density at radius 3 is 2.88 bits per heavy atom. The molecule has 25 heavy (non-hydrogen) atoms. The number of rotatable bonds is 5. The first-order valence-electron chi connectivity index (χ1n) is 9.07. The lowest BCUT2D eigenvalue weighted by Gasteiger charge is -2.21. The number of nitrogens with zero attached hydrogens (tertiary/aromatic N) is 3. The first-order chi connectivity index (χ1) is 11.7. The molecule has 2 aliphatic rings. The van der Waals surface area contributed by atoms with Crippen molar-refractivity contribution >= 4 is 29.9 Å². The van der Waals surface area contributed by atoms with Gasteiger partial charge in [-0.3, -0.25) is 0 Å². The Hall–Kier alpha value is -1.09. The fourth-order valence-corrected chi connectivity index (χ4v) is 3.32. The Balaban J connectivity index is 0.00000225. The molecular weight excluding hydrogens is 431 g/mol. The third-order valence-electron chi connectivity index (χ3n) is 4.60.